The van der Waals surface area contributed by atoms with E-state index in [1.54, 1.807) is 6.92 Å². The number of nitrogens with zero attached hydrogens (tertiary/aromatic N) is 2. The molecule has 5 nitrogen and oxygen atoms in total. The van der Waals surface area contributed by atoms with Gasteiger partial charge in [-0.3, -0.25) is 9.78 Å². The number of rotatable bonds is 5. The van der Waals surface area contributed by atoms with Crippen molar-refractivity contribution in [2.24, 2.45) is 5.10 Å². The van der Waals surface area contributed by atoms with Gasteiger partial charge in [0.25, 0.3) is 5.91 Å². The Balaban J connectivity index is 1.59. The number of carbonyl (C=O) groups excluding carboxylic acids is 1. The Bertz CT molecular complexity index is 920. The second-order valence-electron chi connectivity index (χ2n) is 5.87. The minimum absolute atomic E-state index is 0.211. The van der Waals surface area contributed by atoms with Crippen LogP contribution in [0.2, 0.25) is 0 Å². The summed E-state index contributed by atoms with van der Waals surface area (Å²) in [6.45, 7) is 3.70. The first-order valence-corrected chi connectivity index (χ1v) is 8.14. The Morgan fingerprint density at radius 2 is 1.88 bits per heavy atom. The van der Waals surface area contributed by atoms with E-state index >= 15 is 0 Å². The van der Waals surface area contributed by atoms with Crippen molar-refractivity contribution in [3.8, 4) is 0 Å². The van der Waals surface area contributed by atoms with Crippen molar-refractivity contribution in [1.82, 2.24) is 10.4 Å². The van der Waals surface area contributed by atoms with Crippen molar-refractivity contribution >= 4 is 28.6 Å². The molecule has 0 saturated carbocycles. The van der Waals surface area contributed by atoms with E-state index in [-0.39, 0.29) is 5.91 Å². The summed E-state index contributed by atoms with van der Waals surface area (Å²) in [5.41, 5.74) is 5.04. The third-order valence-electron chi connectivity index (χ3n) is 3.81. The van der Waals surface area contributed by atoms with Crippen LogP contribution in [0.5, 0.6) is 0 Å². The molecule has 3 rings (SSSR count). The van der Waals surface area contributed by atoms with Crippen molar-refractivity contribution in [3.05, 3.63) is 72.1 Å². The highest BCUT2D eigenvalue weighted by Gasteiger charge is 2.11. The number of carbonyl (C=O) groups is 1. The van der Waals surface area contributed by atoms with Gasteiger partial charge in [-0.25, -0.2) is 5.43 Å². The Hall–Kier alpha value is -3.21. The number of benzene rings is 2. The lowest BCUT2D eigenvalue weighted by atomic mass is 10.1. The molecule has 3 aromatic rings. The van der Waals surface area contributed by atoms with E-state index in [2.05, 4.69) is 26.9 Å². The number of aromatic nitrogens is 1. The number of hydrogen-bond donors (Lipinski definition) is 2. The molecule has 0 aliphatic heterocycles. The Labute approximate surface area is 146 Å². The van der Waals surface area contributed by atoms with E-state index in [4.69, 9.17) is 0 Å². The first kappa shape index (κ1) is 16.6. The number of amides is 1. The summed E-state index contributed by atoms with van der Waals surface area (Å²) in [6.07, 6.45) is 1.54. The maximum atomic E-state index is 12.2. The lowest BCUT2D eigenvalue weighted by molar-refractivity contribution is -0.121. The maximum absolute atomic E-state index is 12.2. The average Bonchev–Trinajstić information content (AvgIpc) is 2.61. The molecule has 2 aromatic carbocycles. The molecule has 0 bridgehead atoms. The number of nitrogens with one attached hydrogen (secondary N) is 2. The molecule has 0 aliphatic rings. The zero-order chi connectivity index (χ0) is 17.6. The highest BCUT2D eigenvalue weighted by Crippen LogP contribution is 2.19. The SMILES string of the molecule is Cc1cccc(/C=N\NC(=O)[C@@H](C)Nc2ccc3ccccc3c2)n1. The fraction of sp³-hybridized carbons (Fsp3) is 0.150. The molecule has 2 N–H and O–H groups in total. The van der Waals surface area contributed by atoms with Crippen LogP contribution < -0.4 is 10.7 Å². The Kier molecular flexibility index (Phi) is 5.04. The molecular formula is C20H20N4O. The fourth-order valence-corrected chi connectivity index (χ4v) is 2.49. The van der Waals surface area contributed by atoms with Gasteiger partial charge in [0.2, 0.25) is 0 Å². The molecule has 1 atom stereocenters. The molecule has 0 spiro atoms. The molecular weight excluding hydrogens is 312 g/mol. The average molecular weight is 332 g/mol. The topological polar surface area (TPSA) is 66.4 Å². The van der Waals surface area contributed by atoms with Crippen molar-refractivity contribution in [3.63, 3.8) is 0 Å². The van der Waals surface area contributed by atoms with E-state index in [0.29, 0.717) is 5.69 Å². The van der Waals surface area contributed by atoms with Crippen LogP contribution in [0.15, 0.2) is 65.8 Å². The van der Waals surface area contributed by atoms with Crippen molar-refractivity contribution in [1.29, 1.82) is 0 Å². The molecule has 25 heavy (non-hydrogen) atoms. The van der Waals surface area contributed by atoms with Crippen molar-refractivity contribution in [2.45, 2.75) is 19.9 Å². The monoisotopic (exact) mass is 332 g/mol. The summed E-state index contributed by atoms with van der Waals surface area (Å²) in [4.78, 5) is 16.5. The van der Waals surface area contributed by atoms with Gasteiger partial charge in [0.05, 0.1) is 11.9 Å². The first-order valence-electron chi connectivity index (χ1n) is 8.14. The summed E-state index contributed by atoms with van der Waals surface area (Å²) in [5.74, 6) is -0.211. The van der Waals surface area contributed by atoms with Crippen LogP contribution in [0.4, 0.5) is 5.69 Å². The first-order chi connectivity index (χ1) is 12.1. The third-order valence-corrected chi connectivity index (χ3v) is 3.81. The number of aryl methyl sites for hydroxylation is 1. The van der Waals surface area contributed by atoms with Crippen LogP contribution >= 0.6 is 0 Å². The van der Waals surface area contributed by atoms with E-state index in [1.807, 2.05) is 61.5 Å². The number of hydrogen-bond acceptors (Lipinski definition) is 4. The molecule has 0 saturated heterocycles. The zero-order valence-electron chi connectivity index (χ0n) is 14.2. The summed E-state index contributed by atoms with van der Waals surface area (Å²) in [7, 11) is 0. The van der Waals surface area contributed by atoms with Gasteiger partial charge in [-0.05, 0) is 48.9 Å². The molecule has 0 aliphatic carbocycles. The molecule has 5 heteroatoms. The molecule has 0 unspecified atom stereocenters. The van der Waals surface area contributed by atoms with E-state index in [9.17, 15) is 4.79 Å². The minimum Gasteiger partial charge on any atom is -0.374 e. The van der Waals surface area contributed by atoms with Gasteiger partial charge < -0.3 is 5.32 Å². The second kappa shape index (κ2) is 7.57. The number of anilines is 1. The quantitative estimate of drug-likeness (QED) is 0.555. The lowest BCUT2D eigenvalue weighted by Crippen LogP contribution is -2.34. The normalized spacial score (nSPS) is 12.2. The van der Waals surface area contributed by atoms with E-state index in [1.165, 1.54) is 11.6 Å². The predicted molar refractivity (Wildman–Crippen MR) is 102 cm³/mol. The third kappa shape index (κ3) is 4.41. The molecule has 0 radical (unpaired) electrons. The van der Waals surface area contributed by atoms with Gasteiger partial charge in [0.1, 0.15) is 6.04 Å². The van der Waals surface area contributed by atoms with Crippen molar-refractivity contribution in [2.75, 3.05) is 5.32 Å². The van der Waals surface area contributed by atoms with E-state index < -0.39 is 6.04 Å². The van der Waals surface area contributed by atoms with Crippen LogP contribution in [0.3, 0.4) is 0 Å². The lowest BCUT2D eigenvalue weighted by Gasteiger charge is -2.14. The van der Waals surface area contributed by atoms with Gasteiger partial charge in [-0.15, -0.1) is 0 Å². The van der Waals surface area contributed by atoms with Gasteiger partial charge in [0, 0.05) is 11.4 Å². The molecule has 126 valence electrons. The van der Waals surface area contributed by atoms with Crippen LogP contribution in [-0.2, 0) is 4.79 Å². The van der Waals surface area contributed by atoms with Crippen LogP contribution in [-0.4, -0.2) is 23.1 Å². The largest absolute Gasteiger partial charge is 0.374 e. The summed E-state index contributed by atoms with van der Waals surface area (Å²) >= 11 is 0. The summed E-state index contributed by atoms with van der Waals surface area (Å²) in [6, 6.07) is 19.4. The fourth-order valence-electron chi connectivity index (χ4n) is 2.49. The minimum atomic E-state index is -0.413. The summed E-state index contributed by atoms with van der Waals surface area (Å²) < 4.78 is 0. The number of pyridine rings is 1. The predicted octanol–water partition coefficient (Wildman–Crippen LogP) is 3.49. The molecule has 1 amide bonds. The summed E-state index contributed by atoms with van der Waals surface area (Å²) in [5, 5.41) is 9.45. The van der Waals surface area contributed by atoms with Gasteiger partial charge in [0.15, 0.2) is 0 Å². The van der Waals surface area contributed by atoms with Crippen LogP contribution in [0.1, 0.15) is 18.3 Å². The molecule has 0 fully saturated rings. The molecule has 1 heterocycles. The highest BCUT2D eigenvalue weighted by atomic mass is 16.2. The smallest absolute Gasteiger partial charge is 0.262 e. The Morgan fingerprint density at radius 3 is 2.68 bits per heavy atom. The zero-order valence-corrected chi connectivity index (χ0v) is 14.2. The molecule has 1 aromatic heterocycles. The van der Waals surface area contributed by atoms with Crippen LogP contribution in [0, 0.1) is 6.92 Å². The number of fused-ring (bicyclic) bond motifs is 1. The van der Waals surface area contributed by atoms with Crippen LogP contribution in [0.25, 0.3) is 10.8 Å². The maximum Gasteiger partial charge on any atom is 0.262 e. The van der Waals surface area contributed by atoms with Crippen molar-refractivity contribution < 1.29 is 4.79 Å². The standard InChI is InChI=1S/C20H20N4O/c1-14-6-5-9-19(22-14)13-21-24-20(25)15(2)23-18-11-10-16-7-3-4-8-17(16)12-18/h3-13,15,23H,1-2H3,(H,24,25)/b21-13-/t15-/m1/s1. The van der Waals surface area contributed by atoms with Gasteiger partial charge >= 0.3 is 0 Å². The van der Waals surface area contributed by atoms with Gasteiger partial charge in [-0.2, -0.15) is 5.10 Å². The van der Waals surface area contributed by atoms with E-state index in [0.717, 1.165) is 16.8 Å². The highest BCUT2D eigenvalue weighted by molar-refractivity contribution is 5.88. The number of hydrazone groups is 1. The second-order valence-corrected chi connectivity index (χ2v) is 5.87. The van der Waals surface area contributed by atoms with Gasteiger partial charge in [-0.1, -0.05) is 36.4 Å². The Morgan fingerprint density at radius 1 is 1.08 bits per heavy atom.